The van der Waals surface area contributed by atoms with Crippen LogP contribution >= 0.6 is 0 Å². The van der Waals surface area contributed by atoms with Crippen LogP contribution in [0.25, 0.3) is 0 Å². The zero-order valence-electron chi connectivity index (χ0n) is 13.0. The number of hydrogen-bond donors (Lipinski definition) is 1. The monoisotopic (exact) mass is 275 g/mol. The van der Waals surface area contributed by atoms with Crippen molar-refractivity contribution in [2.75, 3.05) is 13.7 Å². The van der Waals surface area contributed by atoms with E-state index >= 15 is 0 Å². The normalized spacial score (nSPS) is 20.8. The van der Waals surface area contributed by atoms with Crippen LogP contribution in [0.2, 0.25) is 0 Å². The Morgan fingerprint density at radius 1 is 1.20 bits per heavy atom. The van der Waals surface area contributed by atoms with E-state index in [9.17, 15) is 0 Å². The van der Waals surface area contributed by atoms with E-state index in [1.807, 2.05) is 0 Å². The largest absolute Gasteiger partial charge is 0.378 e. The van der Waals surface area contributed by atoms with Gasteiger partial charge in [0.15, 0.2) is 0 Å². The first-order chi connectivity index (χ1) is 9.81. The maximum Gasteiger partial charge on any atom is 0.0575 e. The highest BCUT2D eigenvalue weighted by molar-refractivity contribution is 5.23. The standard InChI is InChI=1S/C18H29NO/c1-3-15-7-9-16(10-8-15)14-17(19-2)11-12-18-6-4-5-13-20-18/h7-10,17-19H,3-6,11-14H2,1-2H3. The van der Waals surface area contributed by atoms with Crippen molar-refractivity contribution in [2.45, 2.75) is 64.0 Å². The Morgan fingerprint density at radius 2 is 1.95 bits per heavy atom. The van der Waals surface area contributed by atoms with Crippen LogP contribution in [0.5, 0.6) is 0 Å². The summed E-state index contributed by atoms with van der Waals surface area (Å²) in [6.07, 6.45) is 8.98. The lowest BCUT2D eigenvalue weighted by molar-refractivity contribution is 0.00870. The quantitative estimate of drug-likeness (QED) is 0.818. The fraction of sp³-hybridized carbons (Fsp3) is 0.667. The van der Waals surface area contributed by atoms with E-state index in [2.05, 4.69) is 43.6 Å². The van der Waals surface area contributed by atoms with Crippen molar-refractivity contribution in [3.63, 3.8) is 0 Å². The molecule has 2 unspecified atom stereocenters. The van der Waals surface area contributed by atoms with Gasteiger partial charge in [0.2, 0.25) is 0 Å². The molecule has 1 aromatic rings. The van der Waals surface area contributed by atoms with Crippen molar-refractivity contribution < 1.29 is 4.74 Å². The molecule has 1 aliphatic rings. The van der Waals surface area contributed by atoms with E-state index in [-0.39, 0.29) is 0 Å². The van der Waals surface area contributed by atoms with Crippen molar-refractivity contribution in [2.24, 2.45) is 0 Å². The second kappa shape index (κ2) is 8.43. The van der Waals surface area contributed by atoms with Gasteiger partial charge in [-0.1, -0.05) is 31.2 Å². The molecule has 0 aromatic heterocycles. The maximum absolute atomic E-state index is 5.83. The van der Waals surface area contributed by atoms with Crippen molar-refractivity contribution in [3.8, 4) is 0 Å². The molecule has 1 aliphatic heterocycles. The van der Waals surface area contributed by atoms with Gasteiger partial charge in [-0.25, -0.2) is 0 Å². The van der Waals surface area contributed by atoms with Gasteiger partial charge < -0.3 is 10.1 Å². The van der Waals surface area contributed by atoms with Gasteiger partial charge in [0.05, 0.1) is 6.10 Å². The SMILES string of the molecule is CCc1ccc(CC(CCC2CCCCO2)NC)cc1. The van der Waals surface area contributed by atoms with Crippen molar-refractivity contribution in [1.82, 2.24) is 5.32 Å². The fourth-order valence-corrected chi connectivity index (χ4v) is 2.97. The Morgan fingerprint density at radius 3 is 2.55 bits per heavy atom. The Hall–Kier alpha value is -0.860. The topological polar surface area (TPSA) is 21.3 Å². The first kappa shape index (κ1) is 15.5. The third-order valence-electron chi connectivity index (χ3n) is 4.43. The van der Waals surface area contributed by atoms with E-state index in [0.29, 0.717) is 12.1 Å². The molecule has 0 spiro atoms. The van der Waals surface area contributed by atoms with E-state index in [1.54, 1.807) is 0 Å². The molecule has 1 heterocycles. The van der Waals surface area contributed by atoms with E-state index < -0.39 is 0 Å². The minimum Gasteiger partial charge on any atom is -0.378 e. The van der Waals surface area contributed by atoms with Gasteiger partial charge >= 0.3 is 0 Å². The summed E-state index contributed by atoms with van der Waals surface area (Å²) < 4.78 is 5.83. The van der Waals surface area contributed by atoms with E-state index in [0.717, 1.165) is 19.4 Å². The van der Waals surface area contributed by atoms with Crippen LogP contribution in [0.3, 0.4) is 0 Å². The smallest absolute Gasteiger partial charge is 0.0575 e. The van der Waals surface area contributed by atoms with Crippen LogP contribution in [-0.4, -0.2) is 25.8 Å². The minimum atomic E-state index is 0.502. The fourth-order valence-electron chi connectivity index (χ4n) is 2.97. The zero-order chi connectivity index (χ0) is 14.2. The molecule has 2 nitrogen and oxygen atoms in total. The van der Waals surface area contributed by atoms with Crippen molar-refractivity contribution >= 4 is 0 Å². The average Bonchev–Trinajstić information content (AvgIpc) is 2.53. The number of hydrogen-bond acceptors (Lipinski definition) is 2. The van der Waals surface area contributed by atoms with Gasteiger partial charge in [-0.05, 0) is 63.1 Å². The Bertz CT molecular complexity index is 368. The summed E-state index contributed by atoms with van der Waals surface area (Å²) in [5.41, 5.74) is 2.86. The third-order valence-corrected chi connectivity index (χ3v) is 4.43. The molecule has 1 saturated heterocycles. The molecule has 0 amide bonds. The molecule has 1 aromatic carbocycles. The number of rotatable bonds is 7. The molecule has 2 atom stereocenters. The highest BCUT2D eigenvalue weighted by Gasteiger charge is 2.16. The van der Waals surface area contributed by atoms with Gasteiger partial charge in [0.25, 0.3) is 0 Å². The van der Waals surface area contributed by atoms with Gasteiger partial charge in [-0.2, -0.15) is 0 Å². The van der Waals surface area contributed by atoms with Crippen LogP contribution in [0, 0.1) is 0 Å². The summed E-state index contributed by atoms with van der Waals surface area (Å²) in [6.45, 7) is 3.17. The molecular formula is C18H29NO. The number of aryl methyl sites for hydroxylation is 1. The minimum absolute atomic E-state index is 0.502. The van der Waals surface area contributed by atoms with E-state index in [4.69, 9.17) is 4.74 Å². The summed E-state index contributed by atoms with van der Waals surface area (Å²) in [5, 5.41) is 3.46. The molecule has 112 valence electrons. The Kier molecular flexibility index (Phi) is 6.55. The molecule has 0 aliphatic carbocycles. The summed E-state index contributed by atoms with van der Waals surface area (Å²) in [4.78, 5) is 0. The van der Waals surface area contributed by atoms with Crippen LogP contribution in [0.4, 0.5) is 0 Å². The molecule has 20 heavy (non-hydrogen) atoms. The average molecular weight is 275 g/mol. The summed E-state index contributed by atoms with van der Waals surface area (Å²) >= 11 is 0. The number of nitrogens with one attached hydrogen (secondary N) is 1. The van der Waals surface area contributed by atoms with Crippen molar-refractivity contribution in [3.05, 3.63) is 35.4 Å². The maximum atomic E-state index is 5.83. The van der Waals surface area contributed by atoms with Gasteiger partial charge in [0, 0.05) is 12.6 Å². The predicted molar refractivity (Wildman–Crippen MR) is 85.2 cm³/mol. The predicted octanol–water partition coefficient (Wildman–Crippen LogP) is 3.73. The van der Waals surface area contributed by atoms with Crippen LogP contribution in [0.1, 0.15) is 50.2 Å². The second-order valence-corrected chi connectivity index (χ2v) is 5.93. The number of ether oxygens (including phenoxy) is 1. The summed E-state index contributed by atoms with van der Waals surface area (Å²) in [5.74, 6) is 0. The molecule has 0 radical (unpaired) electrons. The first-order valence-electron chi connectivity index (χ1n) is 8.18. The van der Waals surface area contributed by atoms with Gasteiger partial charge in [-0.3, -0.25) is 0 Å². The lowest BCUT2D eigenvalue weighted by Gasteiger charge is -2.25. The zero-order valence-corrected chi connectivity index (χ0v) is 13.0. The van der Waals surface area contributed by atoms with Crippen molar-refractivity contribution in [1.29, 1.82) is 0 Å². The van der Waals surface area contributed by atoms with Gasteiger partial charge in [-0.15, -0.1) is 0 Å². The van der Waals surface area contributed by atoms with Crippen LogP contribution in [0.15, 0.2) is 24.3 Å². The van der Waals surface area contributed by atoms with Crippen LogP contribution in [-0.2, 0) is 17.6 Å². The first-order valence-corrected chi connectivity index (χ1v) is 8.18. The van der Waals surface area contributed by atoms with E-state index in [1.165, 1.54) is 43.2 Å². The lowest BCUT2D eigenvalue weighted by Crippen LogP contribution is -2.30. The number of likely N-dealkylation sites (N-methyl/N-ethyl adjacent to an activating group) is 1. The number of benzene rings is 1. The Labute approximate surface area is 123 Å². The molecule has 1 N–H and O–H groups in total. The van der Waals surface area contributed by atoms with Crippen LogP contribution < -0.4 is 5.32 Å². The summed E-state index contributed by atoms with van der Waals surface area (Å²) in [6, 6.07) is 9.63. The van der Waals surface area contributed by atoms with Gasteiger partial charge in [0.1, 0.15) is 0 Å². The molecular weight excluding hydrogens is 246 g/mol. The lowest BCUT2D eigenvalue weighted by atomic mass is 9.97. The summed E-state index contributed by atoms with van der Waals surface area (Å²) in [7, 11) is 2.08. The highest BCUT2D eigenvalue weighted by Crippen LogP contribution is 2.19. The molecule has 0 saturated carbocycles. The molecule has 0 bridgehead atoms. The third kappa shape index (κ3) is 4.92. The Balaban J connectivity index is 1.78. The highest BCUT2D eigenvalue weighted by atomic mass is 16.5. The molecule has 2 heteroatoms. The molecule has 2 rings (SSSR count). The molecule has 1 fully saturated rings. The second-order valence-electron chi connectivity index (χ2n) is 5.93.